The molecule has 0 bridgehead atoms. The molecule has 0 radical (unpaired) electrons. The normalized spacial score (nSPS) is 11.7. The number of rotatable bonds is 36. The highest BCUT2D eigenvalue weighted by molar-refractivity contribution is 5.69. The van der Waals surface area contributed by atoms with Crippen LogP contribution in [-0.2, 0) is 19.1 Å². The SMILES string of the molecule is CCCCCCCCCCCCCCC(=O)OCC[N+](C)(C)CC(O)C[N+](C)(C)CCOC(=O)CCCCCCCCCCCCCC.[Cl-].[Cl-]. The van der Waals surface area contributed by atoms with Crippen LogP contribution in [0.3, 0.4) is 0 Å². The van der Waals surface area contributed by atoms with E-state index in [1.807, 2.05) is 0 Å². The number of hydrogen-bond donors (Lipinski definition) is 1. The van der Waals surface area contributed by atoms with E-state index in [2.05, 4.69) is 42.0 Å². The highest BCUT2D eigenvalue weighted by Crippen LogP contribution is 2.14. The van der Waals surface area contributed by atoms with Crippen molar-refractivity contribution < 1.29 is 57.9 Å². The molecule has 302 valence electrons. The molecule has 0 aliphatic carbocycles. The van der Waals surface area contributed by atoms with Gasteiger partial charge >= 0.3 is 11.9 Å². The van der Waals surface area contributed by atoms with Gasteiger partial charge in [0.25, 0.3) is 0 Å². The van der Waals surface area contributed by atoms with Gasteiger partial charge in [-0.1, -0.05) is 155 Å². The minimum atomic E-state index is -0.497. The Morgan fingerprint density at radius 2 is 0.700 bits per heavy atom. The van der Waals surface area contributed by atoms with Gasteiger partial charge in [-0.2, -0.15) is 0 Å². The molecule has 0 aliphatic rings. The average Bonchev–Trinajstić information content (AvgIpc) is 3.01. The molecular formula is C41H84Cl2N2O5. The van der Waals surface area contributed by atoms with Crippen LogP contribution in [0.5, 0.6) is 0 Å². The fraction of sp³-hybridized carbons (Fsp3) is 0.951. The van der Waals surface area contributed by atoms with Gasteiger partial charge in [0, 0.05) is 12.8 Å². The first-order valence-corrected chi connectivity index (χ1v) is 20.6. The van der Waals surface area contributed by atoms with Gasteiger partial charge in [0.15, 0.2) is 6.10 Å². The lowest BCUT2D eigenvalue weighted by molar-refractivity contribution is -0.914. The highest BCUT2D eigenvalue weighted by atomic mass is 35.5. The molecule has 7 nitrogen and oxygen atoms in total. The molecule has 0 aromatic carbocycles. The highest BCUT2D eigenvalue weighted by Gasteiger charge is 2.27. The molecule has 0 saturated carbocycles. The molecule has 1 N–H and O–H groups in total. The van der Waals surface area contributed by atoms with E-state index < -0.39 is 6.10 Å². The summed E-state index contributed by atoms with van der Waals surface area (Å²) in [5, 5.41) is 10.8. The molecule has 0 fully saturated rings. The Morgan fingerprint density at radius 1 is 0.460 bits per heavy atom. The minimum absolute atomic E-state index is 0. The van der Waals surface area contributed by atoms with Crippen molar-refractivity contribution in [3.8, 4) is 0 Å². The van der Waals surface area contributed by atoms with Crippen molar-refractivity contribution in [1.82, 2.24) is 0 Å². The number of carbonyl (C=O) groups excluding carboxylic acids is 2. The maximum absolute atomic E-state index is 12.2. The first-order chi connectivity index (χ1) is 23.0. The van der Waals surface area contributed by atoms with E-state index in [4.69, 9.17) is 9.47 Å². The number of hydrogen-bond acceptors (Lipinski definition) is 5. The predicted octanol–water partition coefficient (Wildman–Crippen LogP) is 3.78. The van der Waals surface area contributed by atoms with Crippen LogP contribution in [0, 0.1) is 0 Å². The van der Waals surface area contributed by atoms with Crippen molar-refractivity contribution in [2.24, 2.45) is 0 Å². The third kappa shape index (κ3) is 38.6. The van der Waals surface area contributed by atoms with Crippen LogP contribution in [0.4, 0.5) is 0 Å². The average molecular weight is 756 g/mol. The summed E-state index contributed by atoms with van der Waals surface area (Å²) in [5.41, 5.74) is 0. The van der Waals surface area contributed by atoms with Gasteiger partial charge in [-0.15, -0.1) is 0 Å². The lowest BCUT2D eigenvalue weighted by Gasteiger charge is -2.35. The summed E-state index contributed by atoms with van der Waals surface area (Å²) in [5.74, 6) is -0.206. The van der Waals surface area contributed by atoms with E-state index in [0.29, 0.717) is 61.2 Å². The summed E-state index contributed by atoms with van der Waals surface area (Å²) >= 11 is 0. The van der Waals surface area contributed by atoms with Crippen molar-refractivity contribution in [3.05, 3.63) is 0 Å². The van der Waals surface area contributed by atoms with E-state index in [1.54, 1.807) is 0 Å². The summed E-state index contributed by atoms with van der Waals surface area (Å²) in [6.07, 6.45) is 31.3. The number of nitrogens with zero attached hydrogens (tertiary/aromatic N) is 2. The summed E-state index contributed by atoms with van der Waals surface area (Å²) in [6.45, 7) is 7.79. The van der Waals surface area contributed by atoms with Gasteiger partial charge in [0.1, 0.15) is 39.4 Å². The van der Waals surface area contributed by atoms with Gasteiger partial charge in [-0.05, 0) is 12.8 Å². The van der Waals surface area contributed by atoms with Crippen molar-refractivity contribution in [2.45, 2.75) is 187 Å². The zero-order valence-corrected chi connectivity index (χ0v) is 35.4. The Balaban J connectivity index is -0.0000110. The second kappa shape index (κ2) is 36.7. The zero-order valence-electron chi connectivity index (χ0n) is 33.9. The second-order valence-corrected chi connectivity index (χ2v) is 16.1. The lowest BCUT2D eigenvalue weighted by atomic mass is 10.0. The van der Waals surface area contributed by atoms with Gasteiger partial charge in [0.2, 0.25) is 0 Å². The molecule has 0 aliphatic heterocycles. The summed E-state index contributed by atoms with van der Waals surface area (Å²) in [4.78, 5) is 24.4. The Labute approximate surface area is 323 Å². The maximum atomic E-state index is 12.2. The fourth-order valence-electron chi connectivity index (χ4n) is 6.56. The number of aliphatic hydroxyl groups excluding tert-OH is 1. The largest absolute Gasteiger partial charge is 1.00 e. The van der Waals surface area contributed by atoms with Crippen LogP contribution in [0.2, 0.25) is 0 Å². The van der Waals surface area contributed by atoms with Crippen LogP contribution in [0.15, 0.2) is 0 Å². The number of unbranched alkanes of at least 4 members (excludes halogenated alkanes) is 22. The molecule has 0 aromatic rings. The van der Waals surface area contributed by atoms with Gasteiger partial charge in [-0.25, -0.2) is 0 Å². The molecule has 0 atom stereocenters. The number of quaternary nitrogens is 2. The quantitative estimate of drug-likeness (QED) is 0.0600. The van der Waals surface area contributed by atoms with E-state index in [0.717, 1.165) is 25.7 Å². The smallest absolute Gasteiger partial charge is 0.305 e. The van der Waals surface area contributed by atoms with Gasteiger partial charge < -0.3 is 48.4 Å². The summed E-state index contributed by atoms with van der Waals surface area (Å²) in [6, 6.07) is 0. The molecule has 0 aromatic heterocycles. The summed E-state index contributed by atoms with van der Waals surface area (Å²) in [7, 11) is 8.28. The molecular weight excluding hydrogens is 671 g/mol. The summed E-state index contributed by atoms with van der Waals surface area (Å²) < 4.78 is 12.2. The minimum Gasteiger partial charge on any atom is -1.00 e. The fourth-order valence-corrected chi connectivity index (χ4v) is 6.56. The number of esters is 2. The number of likely N-dealkylation sites (N-methyl/N-ethyl adjacent to an activating group) is 2. The third-order valence-electron chi connectivity index (χ3n) is 9.80. The first kappa shape index (κ1) is 53.8. The first-order valence-electron chi connectivity index (χ1n) is 20.6. The van der Waals surface area contributed by atoms with E-state index in [9.17, 15) is 14.7 Å². The molecule has 0 amide bonds. The van der Waals surface area contributed by atoms with Crippen LogP contribution in [0.25, 0.3) is 0 Å². The topological polar surface area (TPSA) is 72.8 Å². The second-order valence-electron chi connectivity index (χ2n) is 16.1. The number of aliphatic hydroxyl groups is 1. The third-order valence-corrected chi connectivity index (χ3v) is 9.80. The predicted molar refractivity (Wildman–Crippen MR) is 203 cm³/mol. The van der Waals surface area contributed by atoms with E-state index in [-0.39, 0.29) is 36.8 Å². The van der Waals surface area contributed by atoms with Gasteiger partial charge in [0.05, 0.1) is 28.2 Å². The zero-order chi connectivity index (χ0) is 35.8. The van der Waals surface area contributed by atoms with Crippen molar-refractivity contribution in [3.63, 3.8) is 0 Å². The van der Waals surface area contributed by atoms with Crippen molar-refractivity contribution in [1.29, 1.82) is 0 Å². The van der Waals surface area contributed by atoms with Crippen LogP contribution in [0.1, 0.15) is 181 Å². The standard InChI is InChI=1S/C41H84N2O5.2ClH/c1-7-9-11-13-15-17-19-21-23-25-27-29-31-40(45)47-35-33-42(3,4)37-39(44)38-43(5,6)34-36-48-41(46)32-30-28-26-24-22-20-18-16-14-12-10-8-2;;/h39,44H,7-38H2,1-6H3;2*1H/q+2;;/p-2. The molecule has 50 heavy (non-hydrogen) atoms. The van der Waals surface area contributed by atoms with Crippen molar-refractivity contribution >= 4 is 11.9 Å². The van der Waals surface area contributed by atoms with Gasteiger partial charge in [-0.3, -0.25) is 9.59 Å². The molecule has 0 unspecified atom stereocenters. The molecule has 0 saturated heterocycles. The lowest BCUT2D eigenvalue weighted by Crippen LogP contribution is -3.00. The Bertz CT molecular complexity index is 694. The molecule has 0 spiro atoms. The van der Waals surface area contributed by atoms with Crippen molar-refractivity contribution in [2.75, 3.05) is 67.6 Å². The maximum Gasteiger partial charge on any atom is 0.305 e. The number of carbonyl (C=O) groups is 2. The monoisotopic (exact) mass is 755 g/mol. The Kier molecular flexibility index (Phi) is 39.5. The molecule has 0 heterocycles. The molecule has 9 heteroatoms. The van der Waals surface area contributed by atoms with E-state index in [1.165, 1.54) is 128 Å². The molecule has 0 rings (SSSR count). The Morgan fingerprint density at radius 3 is 0.960 bits per heavy atom. The number of halogens is 2. The van der Waals surface area contributed by atoms with Crippen LogP contribution >= 0.6 is 0 Å². The Hall–Kier alpha value is -0.600. The van der Waals surface area contributed by atoms with E-state index >= 15 is 0 Å². The van der Waals surface area contributed by atoms with Crippen LogP contribution < -0.4 is 24.8 Å². The van der Waals surface area contributed by atoms with Crippen LogP contribution in [-0.4, -0.2) is 99.7 Å². The number of ether oxygens (including phenoxy) is 2.